The topological polar surface area (TPSA) is 71.0 Å². The van der Waals surface area contributed by atoms with Crippen molar-refractivity contribution in [2.24, 2.45) is 0 Å². The van der Waals surface area contributed by atoms with Crippen molar-refractivity contribution >= 4 is 6.03 Å². The molecule has 0 saturated heterocycles. The van der Waals surface area contributed by atoms with E-state index in [0.717, 1.165) is 11.3 Å². The van der Waals surface area contributed by atoms with E-state index in [4.69, 9.17) is 9.47 Å². The van der Waals surface area contributed by atoms with Gasteiger partial charge in [0.05, 0.1) is 13.2 Å². The standard InChI is InChI=1S/C19H24N2O4/c1-2-24-17-8-10-18(11-9-17)25-15-20-19(23)21(12-13-22)14-16-6-4-3-5-7-16/h3-11,22H,2,12-15H2,1H3,(H,20,23). The molecule has 0 bridgehead atoms. The number of aliphatic hydroxyl groups is 1. The van der Waals surface area contributed by atoms with Crippen molar-refractivity contribution in [2.75, 3.05) is 26.5 Å². The zero-order chi connectivity index (χ0) is 17.9. The fourth-order valence-corrected chi connectivity index (χ4v) is 2.27. The summed E-state index contributed by atoms with van der Waals surface area (Å²) in [7, 11) is 0. The molecule has 0 aromatic heterocycles. The first kappa shape index (κ1) is 18.6. The summed E-state index contributed by atoms with van der Waals surface area (Å²) in [6, 6.07) is 16.5. The van der Waals surface area contributed by atoms with Crippen LogP contribution in [0.5, 0.6) is 11.5 Å². The molecule has 2 aromatic carbocycles. The van der Waals surface area contributed by atoms with Gasteiger partial charge in [0.2, 0.25) is 0 Å². The lowest BCUT2D eigenvalue weighted by molar-refractivity contribution is 0.164. The predicted molar refractivity (Wildman–Crippen MR) is 95.6 cm³/mol. The summed E-state index contributed by atoms with van der Waals surface area (Å²) in [5, 5.41) is 11.9. The lowest BCUT2D eigenvalue weighted by atomic mass is 10.2. The van der Waals surface area contributed by atoms with Gasteiger partial charge in [-0.15, -0.1) is 0 Å². The number of aliphatic hydroxyl groups excluding tert-OH is 1. The van der Waals surface area contributed by atoms with Crippen LogP contribution < -0.4 is 14.8 Å². The molecule has 6 heteroatoms. The van der Waals surface area contributed by atoms with E-state index in [1.807, 2.05) is 49.4 Å². The van der Waals surface area contributed by atoms with E-state index in [1.54, 1.807) is 12.1 Å². The summed E-state index contributed by atoms with van der Waals surface area (Å²) in [6.45, 7) is 3.16. The van der Waals surface area contributed by atoms with Crippen molar-refractivity contribution in [1.29, 1.82) is 0 Å². The Kier molecular flexibility index (Phi) is 7.59. The molecule has 2 aromatic rings. The van der Waals surface area contributed by atoms with Crippen molar-refractivity contribution in [3.63, 3.8) is 0 Å². The largest absolute Gasteiger partial charge is 0.494 e. The Hall–Kier alpha value is -2.73. The number of carbonyl (C=O) groups is 1. The second-order valence-corrected chi connectivity index (χ2v) is 5.31. The Bertz CT molecular complexity index is 632. The van der Waals surface area contributed by atoms with Gasteiger partial charge in [-0.1, -0.05) is 30.3 Å². The van der Waals surface area contributed by atoms with Crippen LogP contribution in [-0.4, -0.2) is 42.5 Å². The first-order chi connectivity index (χ1) is 12.2. The third-order valence-corrected chi connectivity index (χ3v) is 3.47. The third-order valence-electron chi connectivity index (χ3n) is 3.47. The van der Waals surface area contributed by atoms with Gasteiger partial charge in [-0.05, 0) is 36.8 Å². The number of amides is 2. The number of hydrogen-bond donors (Lipinski definition) is 2. The van der Waals surface area contributed by atoms with Gasteiger partial charge < -0.3 is 24.8 Å². The Labute approximate surface area is 148 Å². The van der Waals surface area contributed by atoms with Gasteiger partial charge >= 0.3 is 6.03 Å². The van der Waals surface area contributed by atoms with Crippen molar-refractivity contribution in [3.05, 3.63) is 60.2 Å². The lowest BCUT2D eigenvalue weighted by Crippen LogP contribution is -2.42. The third kappa shape index (κ3) is 6.35. The van der Waals surface area contributed by atoms with Crippen LogP contribution >= 0.6 is 0 Å². The zero-order valence-electron chi connectivity index (χ0n) is 14.4. The molecule has 6 nitrogen and oxygen atoms in total. The van der Waals surface area contributed by atoms with E-state index >= 15 is 0 Å². The molecule has 0 aliphatic rings. The summed E-state index contributed by atoms with van der Waals surface area (Å²) in [6.07, 6.45) is 0. The number of ether oxygens (including phenoxy) is 2. The second-order valence-electron chi connectivity index (χ2n) is 5.31. The summed E-state index contributed by atoms with van der Waals surface area (Å²) in [4.78, 5) is 13.8. The van der Waals surface area contributed by atoms with Crippen LogP contribution in [-0.2, 0) is 6.54 Å². The molecule has 0 aliphatic carbocycles. The summed E-state index contributed by atoms with van der Waals surface area (Å²) >= 11 is 0. The van der Waals surface area contributed by atoms with E-state index in [-0.39, 0.29) is 25.9 Å². The number of rotatable bonds is 9. The van der Waals surface area contributed by atoms with Crippen LogP contribution in [0.3, 0.4) is 0 Å². The van der Waals surface area contributed by atoms with Gasteiger partial charge in [0.15, 0.2) is 6.73 Å². The van der Waals surface area contributed by atoms with Gasteiger partial charge in [0, 0.05) is 13.1 Å². The smallest absolute Gasteiger partial charge is 0.320 e. The minimum absolute atomic E-state index is 0.0452. The summed E-state index contributed by atoms with van der Waals surface area (Å²) < 4.78 is 10.9. The molecule has 0 saturated carbocycles. The van der Waals surface area contributed by atoms with Crippen LogP contribution in [0.2, 0.25) is 0 Å². The van der Waals surface area contributed by atoms with Gasteiger partial charge in [0.25, 0.3) is 0 Å². The fourth-order valence-electron chi connectivity index (χ4n) is 2.27. The number of urea groups is 1. The number of carbonyl (C=O) groups excluding carboxylic acids is 1. The van der Waals surface area contributed by atoms with Crippen LogP contribution in [0.4, 0.5) is 4.79 Å². The maximum absolute atomic E-state index is 12.3. The monoisotopic (exact) mass is 344 g/mol. The van der Waals surface area contributed by atoms with Crippen molar-refractivity contribution in [2.45, 2.75) is 13.5 Å². The average Bonchev–Trinajstić information content (AvgIpc) is 2.64. The number of nitrogens with one attached hydrogen (secondary N) is 1. The number of hydrogen-bond acceptors (Lipinski definition) is 4. The molecule has 25 heavy (non-hydrogen) atoms. The van der Waals surface area contributed by atoms with Crippen molar-refractivity contribution in [3.8, 4) is 11.5 Å². The Morgan fingerprint density at radius 1 is 1.04 bits per heavy atom. The van der Waals surface area contributed by atoms with Crippen molar-refractivity contribution < 1.29 is 19.4 Å². The summed E-state index contributed by atoms with van der Waals surface area (Å²) in [5.41, 5.74) is 0.999. The van der Waals surface area contributed by atoms with Crippen LogP contribution in [0, 0.1) is 0 Å². The average molecular weight is 344 g/mol. The van der Waals surface area contributed by atoms with Crippen LogP contribution in [0.1, 0.15) is 12.5 Å². The van der Waals surface area contributed by atoms with Crippen molar-refractivity contribution in [1.82, 2.24) is 10.2 Å². The van der Waals surface area contributed by atoms with E-state index in [1.165, 1.54) is 4.90 Å². The molecule has 0 heterocycles. The van der Waals surface area contributed by atoms with E-state index in [0.29, 0.717) is 18.9 Å². The molecular formula is C19H24N2O4. The molecule has 0 spiro atoms. The van der Waals surface area contributed by atoms with E-state index < -0.39 is 0 Å². The highest BCUT2D eigenvalue weighted by Gasteiger charge is 2.13. The zero-order valence-corrected chi connectivity index (χ0v) is 14.4. The second kappa shape index (κ2) is 10.2. The minimum atomic E-state index is -0.288. The Morgan fingerprint density at radius 2 is 1.68 bits per heavy atom. The highest BCUT2D eigenvalue weighted by molar-refractivity contribution is 5.74. The fraction of sp³-hybridized carbons (Fsp3) is 0.316. The SMILES string of the molecule is CCOc1ccc(OCNC(=O)N(CCO)Cc2ccccc2)cc1. The van der Waals surface area contributed by atoms with Gasteiger partial charge in [-0.3, -0.25) is 0 Å². The molecule has 2 rings (SSSR count). The maximum Gasteiger partial charge on any atom is 0.320 e. The molecule has 0 fully saturated rings. The lowest BCUT2D eigenvalue weighted by Gasteiger charge is -2.22. The van der Waals surface area contributed by atoms with Crippen LogP contribution in [0.25, 0.3) is 0 Å². The van der Waals surface area contributed by atoms with Gasteiger partial charge in [-0.25, -0.2) is 4.79 Å². The highest BCUT2D eigenvalue weighted by atomic mass is 16.5. The first-order valence-electron chi connectivity index (χ1n) is 8.26. The van der Waals surface area contributed by atoms with Gasteiger partial charge in [0.1, 0.15) is 11.5 Å². The summed E-state index contributed by atoms with van der Waals surface area (Å²) in [5.74, 6) is 1.41. The highest BCUT2D eigenvalue weighted by Crippen LogP contribution is 2.17. The van der Waals surface area contributed by atoms with E-state index in [9.17, 15) is 9.90 Å². The van der Waals surface area contributed by atoms with Crippen LogP contribution in [0.15, 0.2) is 54.6 Å². The first-order valence-corrected chi connectivity index (χ1v) is 8.26. The van der Waals surface area contributed by atoms with E-state index in [2.05, 4.69) is 5.32 Å². The molecule has 0 unspecified atom stereocenters. The molecule has 2 amide bonds. The molecule has 134 valence electrons. The Balaban J connectivity index is 1.81. The Morgan fingerprint density at radius 3 is 2.28 bits per heavy atom. The number of nitrogens with zero attached hydrogens (tertiary/aromatic N) is 1. The minimum Gasteiger partial charge on any atom is -0.494 e. The molecule has 2 N–H and O–H groups in total. The normalized spacial score (nSPS) is 10.2. The quantitative estimate of drug-likeness (QED) is 0.686. The molecule has 0 atom stereocenters. The maximum atomic E-state index is 12.3. The molecule has 0 radical (unpaired) electrons. The molecule has 0 aliphatic heterocycles. The van der Waals surface area contributed by atoms with Gasteiger partial charge in [-0.2, -0.15) is 0 Å². The predicted octanol–water partition coefficient (Wildman–Crippen LogP) is 2.63. The molecular weight excluding hydrogens is 320 g/mol. The number of benzene rings is 2.